The first-order valence-electron chi connectivity index (χ1n) is 5.33. The van der Waals surface area contributed by atoms with E-state index in [1.807, 2.05) is 0 Å². The molecule has 0 fully saturated rings. The summed E-state index contributed by atoms with van der Waals surface area (Å²) in [6.07, 6.45) is -3.63. The monoisotopic (exact) mass is 310 g/mol. The number of amides is 1. The molecule has 2 N–H and O–H groups in total. The second kappa shape index (κ2) is 5.31. The standard InChI is InChI=1S/C11H13F3N2O3S/c1-16(6-11(12,13)14)10(17)7-3-8(15)5-9(4-7)20(2,18)19/h3-5H,6,15H2,1-2H3. The molecule has 0 aromatic heterocycles. The summed E-state index contributed by atoms with van der Waals surface area (Å²) < 4.78 is 59.4. The molecule has 1 aromatic carbocycles. The molecule has 112 valence electrons. The van der Waals surface area contributed by atoms with E-state index in [4.69, 9.17) is 5.73 Å². The van der Waals surface area contributed by atoms with Crippen molar-refractivity contribution >= 4 is 21.4 Å². The molecule has 0 saturated heterocycles. The predicted octanol–water partition coefficient (Wildman–Crippen LogP) is 1.31. The molecule has 0 unspecified atom stereocenters. The van der Waals surface area contributed by atoms with Gasteiger partial charge in [0.1, 0.15) is 6.54 Å². The molecule has 1 rings (SSSR count). The average molecular weight is 310 g/mol. The van der Waals surface area contributed by atoms with Gasteiger partial charge in [-0.3, -0.25) is 4.79 Å². The van der Waals surface area contributed by atoms with Crippen molar-refractivity contribution in [2.45, 2.75) is 11.1 Å². The Bertz CT molecular complexity index is 626. The maximum absolute atomic E-state index is 12.2. The minimum atomic E-state index is -4.54. The number of nitrogens with zero attached hydrogens (tertiary/aromatic N) is 1. The van der Waals surface area contributed by atoms with Crippen LogP contribution < -0.4 is 5.73 Å². The number of anilines is 1. The molecule has 0 aliphatic carbocycles. The van der Waals surface area contributed by atoms with Gasteiger partial charge < -0.3 is 10.6 Å². The molecular weight excluding hydrogens is 297 g/mol. The van der Waals surface area contributed by atoms with E-state index in [0.29, 0.717) is 4.90 Å². The summed E-state index contributed by atoms with van der Waals surface area (Å²) in [7, 11) is -2.64. The van der Waals surface area contributed by atoms with E-state index in [1.165, 1.54) is 0 Å². The van der Waals surface area contributed by atoms with E-state index in [9.17, 15) is 26.4 Å². The fourth-order valence-electron chi connectivity index (χ4n) is 1.52. The Morgan fingerprint density at radius 3 is 2.30 bits per heavy atom. The predicted molar refractivity (Wildman–Crippen MR) is 67.0 cm³/mol. The molecule has 5 nitrogen and oxygen atoms in total. The summed E-state index contributed by atoms with van der Waals surface area (Å²) in [5, 5.41) is 0. The molecule has 20 heavy (non-hydrogen) atoms. The maximum Gasteiger partial charge on any atom is 0.406 e. The van der Waals surface area contributed by atoms with Crippen LogP contribution in [0.4, 0.5) is 18.9 Å². The van der Waals surface area contributed by atoms with E-state index < -0.39 is 28.5 Å². The van der Waals surface area contributed by atoms with E-state index in [2.05, 4.69) is 0 Å². The highest BCUT2D eigenvalue weighted by atomic mass is 32.2. The number of alkyl halides is 3. The fourth-order valence-corrected chi connectivity index (χ4v) is 2.21. The van der Waals surface area contributed by atoms with E-state index in [0.717, 1.165) is 31.5 Å². The van der Waals surface area contributed by atoms with Gasteiger partial charge in [0.25, 0.3) is 5.91 Å². The summed E-state index contributed by atoms with van der Waals surface area (Å²) in [4.78, 5) is 12.1. The number of benzene rings is 1. The van der Waals surface area contributed by atoms with Crippen LogP contribution in [0.5, 0.6) is 0 Å². The highest BCUT2D eigenvalue weighted by Gasteiger charge is 2.31. The topological polar surface area (TPSA) is 80.5 Å². The Balaban J connectivity index is 3.14. The third-order valence-corrected chi connectivity index (χ3v) is 3.46. The van der Waals surface area contributed by atoms with Crippen molar-refractivity contribution in [2.24, 2.45) is 0 Å². The zero-order valence-electron chi connectivity index (χ0n) is 10.7. The molecule has 9 heteroatoms. The molecule has 0 bridgehead atoms. The molecule has 0 aliphatic rings. The van der Waals surface area contributed by atoms with Crippen molar-refractivity contribution in [3.63, 3.8) is 0 Å². The number of nitrogen functional groups attached to an aromatic ring is 1. The number of carbonyl (C=O) groups excluding carboxylic acids is 1. The number of halogens is 3. The van der Waals surface area contributed by atoms with Crippen LogP contribution in [0, 0.1) is 0 Å². The Labute approximate surface area is 114 Å². The molecular formula is C11H13F3N2O3S. The van der Waals surface area contributed by atoms with Crippen LogP contribution in [0.2, 0.25) is 0 Å². The van der Waals surface area contributed by atoms with Crippen molar-refractivity contribution < 1.29 is 26.4 Å². The van der Waals surface area contributed by atoms with Crippen molar-refractivity contribution in [1.82, 2.24) is 4.90 Å². The third-order valence-electron chi connectivity index (χ3n) is 2.37. The normalized spacial score (nSPS) is 12.2. The number of hydrogen-bond acceptors (Lipinski definition) is 4. The van der Waals surface area contributed by atoms with Crippen molar-refractivity contribution in [1.29, 1.82) is 0 Å². The minimum Gasteiger partial charge on any atom is -0.399 e. The maximum atomic E-state index is 12.2. The Morgan fingerprint density at radius 1 is 1.30 bits per heavy atom. The first-order valence-corrected chi connectivity index (χ1v) is 7.22. The van der Waals surface area contributed by atoms with Crippen LogP contribution in [-0.4, -0.2) is 45.2 Å². The summed E-state index contributed by atoms with van der Waals surface area (Å²) in [6, 6.07) is 3.26. The molecule has 1 amide bonds. The second-order valence-corrected chi connectivity index (χ2v) is 6.36. The quantitative estimate of drug-likeness (QED) is 0.854. The summed E-state index contributed by atoms with van der Waals surface area (Å²) in [5.74, 6) is -0.959. The van der Waals surface area contributed by atoms with Crippen LogP contribution in [-0.2, 0) is 9.84 Å². The number of rotatable bonds is 3. The molecule has 0 aliphatic heterocycles. The smallest absolute Gasteiger partial charge is 0.399 e. The van der Waals surface area contributed by atoms with Gasteiger partial charge in [0.2, 0.25) is 0 Å². The van der Waals surface area contributed by atoms with Gasteiger partial charge in [0.05, 0.1) is 4.90 Å². The summed E-state index contributed by atoms with van der Waals surface area (Å²) in [6.45, 7) is -1.44. The SMILES string of the molecule is CN(CC(F)(F)F)C(=O)c1cc(N)cc(S(C)(=O)=O)c1. The number of nitrogens with two attached hydrogens (primary N) is 1. The third kappa shape index (κ3) is 4.41. The van der Waals surface area contributed by atoms with Gasteiger partial charge in [-0.1, -0.05) is 0 Å². The lowest BCUT2D eigenvalue weighted by Crippen LogP contribution is -2.35. The largest absolute Gasteiger partial charge is 0.406 e. The van der Waals surface area contributed by atoms with Gasteiger partial charge in [0, 0.05) is 24.6 Å². The molecule has 0 spiro atoms. The van der Waals surface area contributed by atoms with Gasteiger partial charge >= 0.3 is 6.18 Å². The highest BCUT2D eigenvalue weighted by molar-refractivity contribution is 7.90. The minimum absolute atomic E-state index is 0.0170. The number of carbonyl (C=O) groups is 1. The van der Waals surface area contributed by atoms with Crippen LogP contribution in [0.1, 0.15) is 10.4 Å². The Kier molecular flexibility index (Phi) is 4.33. The van der Waals surface area contributed by atoms with Crippen LogP contribution in [0.15, 0.2) is 23.1 Å². The second-order valence-electron chi connectivity index (χ2n) is 4.34. The van der Waals surface area contributed by atoms with Crippen molar-refractivity contribution in [3.05, 3.63) is 23.8 Å². The molecule has 1 aromatic rings. The van der Waals surface area contributed by atoms with Gasteiger partial charge in [0.15, 0.2) is 9.84 Å². The molecule has 0 saturated carbocycles. The van der Waals surface area contributed by atoms with Crippen LogP contribution >= 0.6 is 0 Å². The Morgan fingerprint density at radius 2 is 1.85 bits per heavy atom. The highest BCUT2D eigenvalue weighted by Crippen LogP contribution is 2.20. The molecule has 0 heterocycles. The van der Waals surface area contributed by atoms with E-state index in [1.54, 1.807) is 0 Å². The van der Waals surface area contributed by atoms with Gasteiger partial charge in [-0.2, -0.15) is 13.2 Å². The van der Waals surface area contributed by atoms with Gasteiger partial charge in [-0.15, -0.1) is 0 Å². The number of hydrogen-bond donors (Lipinski definition) is 1. The fraction of sp³-hybridized carbons (Fsp3) is 0.364. The Hall–Kier alpha value is -1.77. The average Bonchev–Trinajstić information content (AvgIpc) is 2.23. The van der Waals surface area contributed by atoms with Crippen LogP contribution in [0.3, 0.4) is 0 Å². The lowest BCUT2D eigenvalue weighted by molar-refractivity contribution is -0.138. The van der Waals surface area contributed by atoms with Crippen LogP contribution in [0.25, 0.3) is 0 Å². The molecule has 0 radical (unpaired) electrons. The van der Waals surface area contributed by atoms with Gasteiger partial charge in [-0.25, -0.2) is 8.42 Å². The zero-order chi connectivity index (χ0) is 15.7. The molecule has 0 atom stereocenters. The van der Waals surface area contributed by atoms with E-state index in [-0.39, 0.29) is 16.1 Å². The van der Waals surface area contributed by atoms with Gasteiger partial charge in [-0.05, 0) is 18.2 Å². The first kappa shape index (κ1) is 16.3. The van der Waals surface area contributed by atoms with E-state index >= 15 is 0 Å². The van der Waals surface area contributed by atoms with Crippen molar-refractivity contribution in [2.75, 3.05) is 25.6 Å². The summed E-state index contributed by atoms with van der Waals surface area (Å²) >= 11 is 0. The van der Waals surface area contributed by atoms with Crippen molar-refractivity contribution in [3.8, 4) is 0 Å². The lowest BCUT2D eigenvalue weighted by atomic mass is 10.2. The summed E-state index contributed by atoms with van der Waals surface area (Å²) in [5.41, 5.74) is 5.24. The first-order chi connectivity index (χ1) is 8.90. The zero-order valence-corrected chi connectivity index (χ0v) is 11.5. The number of sulfone groups is 1. The lowest BCUT2D eigenvalue weighted by Gasteiger charge is -2.19.